The van der Waals surface area contributed by atoms with Gasteiger partial charge in [-0.05, 0) is 39.3 Å². The Bertz CT molecular complexity index is 131. The van der Waals surface area contributed by atoms with Crippen molar-refractivity contribution in [1.82, 2.24) is 4.90 Å². The first-order valence-corrected chi connectivity index (χ1v) is 5.34. The van der Waals surface area contributed by atoms with Crippen LogP contribution >= 0.6 is 0 Å². The van der Waals surface area contributed by atoms with Crippen LogP contribution in [0, 0.1) is 11.8 Å². The van der Waals surface area contributed by atoms with Gasteiger partial charge in [0.25, 0.3) is 0 Å². The number of nitriles is 1. The number of nitrogens with zero attached hydrogens (tertiary/aromatic N) is 2. The molecule has 0 amide bonds. The number of hydrogen-bond acceptors (Lipinski definition) is 2. The molecule has 2 heteroatoms. The van der Waals surface area contributed by atoms with Gasteiger partial charge in [0.15, 0.2) is 0 Å². The van der Waals surface area contributed by atoms with Gasteiger partial charge < -0.3 is 4.90 Å². The van der Waals surface area contributed by atoms with Crippen LogP contribution in [-0.4, -0.2) is 24.0 Å². The highest BCUT2D eigenvalue weighted by Crippen LogP contribution is 2.16. The number of hydrogen-bond donors (Lipinski definition) is 0. The van der Waals surface area contributed by atoms with Gasteiger partial charge in [-0.2, -0.15) is 0 Å². The van der Waals surface area contributed by atoms with E-state index in [1.165, 1.54) is 45.2 Å². The van der Waals surface area contributed by atoms with Gasteiger partial charge in [0.2, 0.25) is 0 Å². The van der Waals surface area contributed by atoms with Crippen molar-refractivity contribution in [3.63, 3.8) is 0 Å². The summed E-state index contributed by atoms with van der Waals surface area (Å²) in [5, 5.41) is 6.50. The van der Waals surface area contributed by atoms with Crippen LogP contribution in [0.4, 0.5) is 0 Å². The highest BCUT2D eigenvalue weighted by Gasteiger charge is 2.18. The molecule has 0 saturated carbocycles. The van der Waals surface area contributed by atoms with Crippen LogP contribution in [0.3, 0.4) is 0 Å². The fraction of sp³-hybridized carbons (Fsp3) is 0.909. The zero-order chi connectivity index (χ0) is 10.1. The Hall–Kier alpha value is -0.550. The Kier molecular flexibility index (Phi) is 7.73. The molecule has 0 bridgehead atoms. The van der Waals surface area contributed by atoms with Crippen LogP contribution in [-0.2, 0) is 0 Å². The van der Waals surface area contributed by atoms with Gasteiger partial charge in [0, 0.05) is 12.6 Å². The highest BCUT2D eigenvalue weighted by atomic mass is 15.2. The van der Waals surface area contributed by atoms with E-state index < -0.39 is 0 Å². The third kappa shape index (κ3) is 4.90. The lowest BCUT2D eigenvalue weighted by atomic mass is 10.2. The van der Waals surface area contributed by atoms with Gasteiger partial charge in [-0.3, -0.25) is 0 Å². The van der Waals surface area contributed by atoms with E-state index in [9.17, 15) is 0 Å². The lowest BCUT2D eigenvalue weighted by Crippen LogP contribution is -2.27. The quantitative estimate of drug-likeness (QED) is 0.625. The van der Waals surface area contributed by atoms with Gasteiger partial charge >= 0.3 is 0 Å². The molecule has 1 rings (SSSR count). The Balaban J connectivity index is 0.000000671. The maximum absolute atomic E-state index is 6.50. The van der Waals surface area contributed by atoms with Crippen molar-refractivity contribution >= 4 is 0 Å². The Labute approximate surface area is 82.5 Å². The molecule has 1 atom stereocenters. The SMILES string of the molecule is C#N.CCCCCN1CCCC1C. The van der Waals surface area contributed by atoms with E-state index in [0.717, 1.165) is 6.04 Å². The van der Waals surface area contributed by atoms with E-state index >= 15 is 0 Å². The molecule has 0 spiro atoms. The molecule has 1 saturated heterocycles. The zero-order valence-electron chi connectivity index (χ0n) is 9.00. The summed E-state index contributed by atoms with van der Waals surface area (Å²) in [7, 11) is 0. The molecule has 0 radical (unpaired) electrons. The second-order valence-electron chi connectivity index (χ2n) is 3.73. The molecule has 1 fully saturated rings. The summed E-state index contributed by atoms with van der Waals surface area (Å²) in [6.07, 6.45) is 7.01. The van der Waals surface area contributed by atoms with Crippen molar-refractivity contribution in [2.24, 2.45) is 0 Å². The molecule has 1 heterocycles. The molecule has 0 aliphatic carbocycles. The number of rotatable bonds is 4. The van der Waals surface area contributed by atoms with Gasteiger partial charge in [0.1, 0.15) is 0 Å². The third-order valence-electron chi connectivity index (χ3n) is 2.74. The molecule has 1 aliphatic heterocycles. The van der Waals surface area contributed by atoms with Gasteiger partial charge in [0.05, 0.1) is 0 Å². The van der Waals surface area contributed by atoms with Crippen molar-refractivity contribution < 1.29 is 0 Å². The largest absolute Gasteiger partial charge is 0.301 e. The number of unbranched alkanes of at least 4 members (excludes halogenated alkanes) is 2. The first-order chi connectivity index (χ1) is 6.34. The summed E-state index contributed by atoms with van der Waals surface area (Å²) >= 11 is 0. The number of likely N-dealkylation sites (tertiary alicyclic amines) is 1. The van der Waals surface area contributed by atoms with Gasteiger partial charge in [-0.1, -0.05) is 19.8 Å². The van der Waals surface area contributed by atoms with E-state index in [2.05, 4.69) is 25.3 Å². The molecule has 0 aromatic heterocycles. The average molecular weight is 182 g/mol. The second-order valence-corrected chi connectivity index (χ2v) is 3.73. The minimum absolute atomic E-state index is 0.867. The zero-order valence-corrected chi connectivity index (χ0v) is 9.00. The van der Waals surface area contributed by atoms with Crippen LogP contribution in [0.2, 0.25) is 0 Å². The molecule has 76 valence electrons. The van der Waals surface area contributed by atoms with Crippen molar-refractivity contribution in [1.29, 1.82) is 5.26 Å². The maximum Gasteiger partial charge on any atom is 0.0462 e. The van der Waals surface area contributed by atoms with E-state index in [4.69, 9.17) is 5.26 Å². The van der Waals surface area contributed by atoms with E-state index in [1.807, 2.05) is 0 Å². The molecule has 2 nitrogen and oxygen atoms in total. The van der Waals surface area contributed by atoms with Crippen molar-refractivity contribution in [2.45, 2.75) is 52.0 Å². The molecule has 0 N–H and O–H groups in total. The van der Waals surface area contributed by atoms with Gasteiger partial charge in [-0.25, -0.2) is 5.26 Å². The average Bonchev–Trinajstić information content (AvgIpc) is 2.56. The normalized spacial score (nSPS) is 22.3. The predicted molar refractivity (Wildman–Crippen MR) is 56.5 cm³/mol. The fourth-order valence-electron chi connectivity index (χ4n) is 1.89. The molecule has 1 unspecified atom stereocenters. The van der Waals surface area contributed by atoms with E-state index in [0.29, 0.717) is 0 Å². The third-order valence-corrected chi connectivity index (χ3v) is 2.74. The van der Waals surface area contributed by atoms with E-state index in [-0.39, 0.29) is 0 Å². The summed E-state index contributed by atoms with van der Waals surface area (Å²) < 4.78 is 0. The topological polar surface area (TPSA) is 27.0 Å². The first kappa shape index (κ1) is 12.4. The lowest BCUT2D eigenvalue weighted by Gasteiger charge is -2.20. The molecular weight excluding hydrogens is 160 g/mol. The Morgan fingerprint density at radius 2 is 2.08 bits per heavy atom. The molecule has 0 aromatic rings. The minimum atomic E-state index is 0.867. The molecule has 13 heavy (non-hydrogen) atoms. The van der Waals surface area contributed by atoms with Crippen LogP contribution in [0.5, 0.6) is 0 Å². The minimum Gasteiger partial charge on any atom is -0.301 e. The van der Waals surface area contributed by atoms with Crippen LogP contribution in [0.1, 0.15) is 46.0 Å². The second kappa shape index (κ2) is 8.07. The Morgan fingerprint density at radius 1 is 1.38 bits per heavy atom. The van der Waals surface area contributed by atoms with Gasteiger partial charge in [-0.15, -0.1) is 0 Å². The lowest BCUT2D eigenvalue weighted by molar-refractivity contribution is 0.263. The van der Waals surface area contributed by atoms with Crippen LogP contribution in [0.15, 0.2) is 0 Å². The first-order valence-electron chi connectivity index (χ1n) is 5.34. The highest BCUT2D eigenvalue weighted by molar-refractivity contribution is 4.74. The molecule has 0 aromatic carbocycles. The van der Waals surface area contributed by atoms with Crippen molar-refractivity contribution in [3.8, 4) is 6.57 Å². The summed E-state index contributed by atoms with van der Waals surface area (Å²) in [5.74, 6) is 0. The standard InChI is InChI=1S/C10H21N.CHN/c1-3-4-5-8-11-9-6-7-10(11)2;1-2/h10H,3-9H2,1-2H3;1H. The summed E-state index contributed by atoms with van der Waals surface area (Å²) in [6.45, 7) is 10.8. The monoisotopic (exact) mass is 182 g/mol. The van der Waals surface area contributed by atoms with Crippen molar-refractivity contribution in [3.05, 3.63) is 0 Å². The van der Waals surface area contributed by atoms with Crippen LogP contribution in [0.25, 0.3) is 0 Å². The van der Waals surface area contributed by atoms with Crippen LogP contribution < -0.4 is 0 Å². The van der Waals surface area contributed by atoms with E-state index in [1.54, 1.807) is 0 Å². The fourth-order valence-corrected chi connectivity index (χ4v) is 1.89. The summed E-state index contributed by atoms with van der Waals surface area (Å²) in [5.41, 5.74) is 0. The van der Waals surface area contributed by atoms with Crippen molar-refractivity contribution in [2.75, 3.05) is 13.1 Å². The molecule has 1 aliphatic rings. The Morgan fingerprint density at radius 3 is 2.54 bits per heavy atom. The predicted octanol–water partition coefficient (Wildman–Crippen LogP) is 2.80. The summed E-state index contributed by atoms with van der Waals surface area (Å²) in [6, 6.07) is 0.867. The maximum atomic E-state index is 6.50. The summed E-state index contributed by atoms with van der Waals surface area (Å²) in [4.78, 5) is 2.63. The smallest absolute Gasteiger partial charge is 0.0462 e. The molecular formula is C11H22N2.